The second-order valence-corrected chi connectivity index (χ2v) is 4.81. The molecule has 0 aliphatic carbocycles. The van der Waals surface area contributed by atoms with Crippen LogP contribution >= 0.6 is 15.9 Å². The number of nitrogens with one attached hydrogen (secondary N) is 1. The van der Waals surface area contributed by atoms with E-state index in [1.165, 1.54) is 0 Å². The molecule has 1 aromatic carbocycles. The van der Waals surface area contributed by atoms with E-state index in [0.29, 0.717) is 10.4 Å². The molecule has 3 heteroatoms. The van der Waals surface area contributed by atoms with Crippen LogP contribution in [0.1, 0.15) is 32.4 Å². The van der Waals surface area contributed by atoms with Crippen molar-refractivity contribution in [1.29, 1.82) is 0 Å². The highest BCUT2D eigenvalue weighted by atomic mass is 79.9. The normalized spacial score (nSPS) is 13.2. The van der Waals surface area contributed by atoms with Crippen molar-refractivity contribution in [1.82, 2.24) is 5.32 Å². The fourth-order valence-corrected chi connectivity index (χ4v) is 1.91. The number of benzene rings is 1. The van der Waals surface area contributed by atoms with E-state index in [4.69, 9.17) is 0 Å². The molecule has 0 heterocycles. The van der Waals surface area contributed by atoms with Gasteiger partial charge in [-0.15, -0.1) is 0 Å². The van der Waals surface area contributed by atoms with Gasteiger partial charge in [0.05, 0.1) is 4.47 Å². The van der Waals surface area contributed by atoms with Crippen LogP contribution in [0.4, 0.5) is 4.39 Å². The minimum absolute atomic E-state index is 0.198. The first-order valence-electron chi connectivity index (χ1n) is 5.24. The van der Waals surface area contributed by atoms with Gasteiger partial charge in [0.25, 0.3) is 0 Å². The zero-order chi connectivity index (χ0) is 11.4. The van der Waals surface area contributed by atoms with Gasteiger partial charge in [-0.25, -0.2) is 4.39 Å². The second kappa shape index (κ2) is 5.61. The van der Waals surface area contributed by atoms with Gasteiger partial charge in [0.2, 0.25) is 0 Å². The zero-order valence-corrected chi connectivity index (χ0v) is 10.9. The molecule has 1 unspecified atom stereocenters. The standard InChI is InChI=1S/C12H17BrFN/c1-4-15-12(8(2)3)9-5-6-10(13)11(14)7-9/h5-8,12,15H,4H2,1-3H3. The van der Waals surface area contributed by atoms with E-state index >= 15 is 0 Å². The molecule has 1 atom stereocenters. The van der Waals surface area contributed by atoms with E-state index in [0.717, 1.165) is 12.1 Å². The van der Waals surface area contributed by atoms with Crippen molar-refractivity contribution in [2.75, 3.05) is 6.54 Å². The van der Waals surface area contributed by atoms with Gasteiger partial charge >= 0.3 is 0 Å². The highest BCUT2D eigenvalue weighted by molar-refractivity contribution is 9.10. The number of rotatable bonds is 4. The van der Waals surface area contributed by atoms with E-state index in [9.17, 15) is 4.39 Å². The Labute approximate surface area is 99.2 Å². The summed E-state index contributed by atoms with van der Waals surface area (Å²) < 4.78 is 13.9. The summed E-state index contributed by atoms with van der Waals surface area (Å²) in [5, 5.41) is 3.36. The van der Waals surface area contributed by atoms with Crippen LogP contribution in [0, 0.1) is 11.7 Å². The molecule has 15 heavy (non-hydrogen) atoms. The van der Waals surface area contributed by atoms with Gasteiger partial charge in [-0.2, -0.15) is 0 Å². The molecule has 0 fully saturated rings. The molecular formula is C12H17BrFN. The Balaban J connectivity index is 2.95. The van der Waals surface area contributed by atoms with Gasteiger partial charge < -0.3 is 5.32 Å². The SMILES string of the molecule is CCNC(c1ccc(Br)c(F)c1)C(C)C. The maximum atomic E-state index is 13.4. The fourth-order valence-electron chi connectivity index (χ4n) is 1.66. The Hall–Kier alpha value is -0.410. The van der Waals surface area contributed by atoms with Crippen LogP contribution in [0.3, 0.4) is 0 Å². The van der Waals surface area contributed by atoms with E-state index in [1.807, 2.05) is 6.07 Å². The summed E-state index contributed by atoms with van der Waals surface area (Å²) in [6.07, 6.45) is 0. The lowest BCUT2D eigenvalue weighted by Crippen LogP contribution is -2.25. The first kappa shape index (κ1) is 12.7. The molecule has 0 aliphatic rings. The Morgan fingerprint density at radius 2 is 2.07 bits per heavy atom. The quantitative estimate of drug-likeness (QED) is 0.878. The van der Waals surface area contributed by atoms with Crippen molar-refractivity contribution < 1.29 is 4.39 Å². The Kier molecular flexibility index (Phi) is 4.74. The summed E-state index contributed by atoms with van der Waals surface area (Å²) in [5.74, 6) is 0.251. The molecular weight excluding hydrogens is 257 g/mol. The molecule has 84 valence electrons. The molecule has 0 amide bonds. The monoisotopic (exact) mass is 273 g/mol. The third-order valence-electron chi connectivity index (χ3n) is 2.39. The molecule has 1 nitrogen and oxygen atoms in total. The number of hydrogen-bond acceptors (Lipinski definition) is 1. The topological polar surface area (TPSA) is 12.0 Å². The van der Waals surface area contributed by atoms with Gasteiger partial charge in [-0.05, 0) is 46.1 Å². The molecule has 0 aliphatic heterocycles. The van der Waals surface area contributed by atoms with Gasteiger partial charge in [0.1, 0.15) is 5.82 Å². The molecule has 0 radical (unpaired) electrons. The molecule has 1 rings (SSSR count). The summed E-state index contributed by atoms with van der Waals surface area (Å²) in [4.78, 5) is 0. The predicted octanol–water partition coefficient (Wildman–Crippen LogP) is 3.89. The summed E-state index contributed by atoms with van der Waals surface area (Å²) in [6.45, 7) is 7.21. The van der Waals surface area contributed by atoms with Crippen molar-refractivity contribution >= 4 is 15.9 Å². The molecule has 0 bridgehead atoms. The first-order valence-corrected chi connectivity index (χ1v) is 6.04. The lowest BCUT2D eigenvalue weighted by atomic mass is 9.96. The predicted molar refractivity (Wildman–Crippen MR) is 65.4 cm³/mol. The molecule has 1 N–H and O–H groups in total. The van der Waals surface area contributed by atoms with Crippen LogP contribution in [-0.2, 0) is 0 Å². The lowest BCUT2D eigenvalue weighted by Gasteiger charge is -2.22. The van der Waals surface area contributed by atoms with Crippen LogP contribution in [-0.4, -0.2) is 6.54 Å². The first-order chi connectivity index (χ1) is 7.06. The van der Waals surface area contributed by atoms with Crippen molar-refractivity contribution in [2.24, 2.45) is 5.92 Å². The Morgan fingerprint density at radius 1 is 1.40 bits per heavy atom. The number of halogens is 2. The van der Waals surface area contributed by atoms with Crippen molar-refractivity contribution in [3.05, 3.63) is 34.1 Å². The molecule has 0 spiro atoms. The molecule has 0 saturated heterocycles. The van der Waals surface area contributed by atoms with Crippen molar-refractivity contribution in [3.8, 4) is 0 Å². The minimum atomic E-state index is -0.198. The summed E-state index contributed by atoms with van der Waals surface area (Å²) in [6, 6.07) is 5.53. The zero-order valence-electron chi connectivity index (χ0n) is 9.35. The second-order valence-electron chi connectivity index (χ2n) is 3.95. The van der Waals surface area contributed by atoms with Gasteiger partial charge in [0, 0.05) is 6.04 Å². The summed E-state index contributed by atoms with van der Waals surface area (Å²) in [7, 11) is 0. The maximum Gasteiger partial charge on any atom is 0.137 e. The summed E-state index contributed by atoms with van der Waals surface area (Å²) in [5.41, 5.74) is 1.01. The van der Waals surface area contributed by atoms with Crippen molar-refractivity contribution in [2.45, 2.75) is 26.8 Å². The number of hydrogen-bond donors (Lipinski definition) is 1. The van der Waals surface area contributed by atoms with E-state index in [-0.39, 0.29) is 11.9 Å². The van der Waals surface area contributed by atoms with Crippen LogP contribution < -0.4 is 5.32 Å². The van der Waals surface area contributed by atoms with Crippen molar-refractivity contribution in [3.63, 3.8) is 0 Å². The average molecular weight is 274 g/mol. The fraction of sp³-hybridized carbons (Fsp3) is 0.500. The molecule has 0 saturated carbocycles. The van der Waals surface area contributed by atoms with Crippen LogP contribution in [0.2, 0.25) is 0 Å². The van der Waals surface area contributed by atoms with E-state index in [2.05, 4.69) is 42.0 Å². The molecule has 1 aromatic rings. The highest BCUT2D eigenvalue weighted by Gasteiger charge is 2.15. The van der Waals surface area contributed by atoms with Crippen LogP contribution in [0.25, 0.3) is 0 Å². The highest BCUT2D eigenvalue weighted by Crippen LogP contribution is 2.25. The smallest absolute Gasteiger partial charge is 0.137 e. The minimum Gasteiger partial charge on any atom is -0.310 e. The average Bonchev–Trinajstić information content (AvgIpc) is 2.18. The Morgan fingerprint density at radius 3 is 2.53 bits per heavy atom. The summed E-state index contributed by atoms with van der Waals surface area (Å²) >= 11 is 3.16. The maximum absolute atomic E-state index is 13.4. The van der Waals surface area contributed by atoms with Gasteiger partial charge in [-0.3, -0.25) is 0 Å². The third kappa shape index (κ3) is 3.28. The van der Waals surface area contributed by atoms with E-state index in [1.54, 1.807) is 12.1 Å². The van der Waals surface area contributed by atoms with Gasteiger partial charge in [-0.1, -0.05) is 26.8 Å². The molecule has 0 aromatic heterocycles. The van der Waals surface area contributed by atoms with E-state index < -0.39 is 0 Å². The third-order valence-corrected chi connectivity index (χ3v) is 3.04. The largest absolute Gasteiger partial charge is 0.310 e. The van der Waals surface area contributed by atoms with Crippen LogP contribution in [0.15, 0.2) is 22.7 Å². The van der Waals surface area contributed by atoms with Gasteiger partial charge in [0.15, 0.2) is 0 Å². The lowest BCUT2D eigenvalue weighted by molar-refractivity contribution is 0.420. The Bertz CT molecular complexity index is 325. The van der Waals surface area contributed by atoms with Crippen LogP contribution in [0.5, 0.6) is 0 Å².